The Labute approximate surface area is 122 Å². The molecule has 108 valence electrons. The lowest BCUT2D eigenvalue weighted by Crippen LogP contribution is -2.38. The second kappa shape index (κ2) is 6.70. The quantitative estimate of drug-likeness (QED) is 0.442. The van der Waals surface area contributed by atoms with Crippen LogP contribution in [0.1, 0.15) is 53.4 Å². The van der Waals surface area contributed by atoms with Gasteiger partial charge in [-0.25, -0.2) is 0 Å². The Balaban J connectivity index is 3.15. The van der Waals surface area contributed by atoms with Crippen molar-refractivity contribution in [1.29, 1.82) is 0 Å². The third kappa shape index (κ3) is 3.28. The van der Waals surface area contributed by atoms with Gasteiger partial charge in [0.15, 0.2) is 5.78 Å². The third-order valence-corrected chi connectivity index (χ3v) is 4.10. The fourth-order valence-electron chi connectivity index (χ4n) is 3.03. The SMILES string of the molecule is C=CC(=O)C1CCC(C)=C(C(=O)C#CCCC)C1(C)C. The Morgan fingerprint density at radius 2 is 2.10 bits per heavy atom. The highest BCUT2D eigenvalue weighted by Crippen LogP contribution is 2.45. The highest BCUT2D eigenvalue weighted by Gasteiger charge is 2.42. The molecule has 0 amide bonds. The monoisotopic (exact) mass is 272 g/mol. The smallest absolute Gasteiger partial charge is 0.232 e. The molecular formula is C18H24O2. The molecule has 1 atom stereocenters. The first-order chi connectivity index (χ1) is 9.36. The molecule has 0 aliphatic heterocycles. The van der Waals surface area contributed by atoms with Gasteiger partial charge in [0.2, 0.25) is 5.78 Å². The number of rotatable bonds is 4. The summed E-state index contributed by atoms with van der Waals surface area (Å²) in [6, 6.07) is 0. The summed E-state index contributed by atoms with van der Waals surface area (Å²) in [7, 11) is 0. The Morgan fingerprint density at radius 1 is 1.45 bits per heavy atom. The van der Waals surface area contributed by atoms with Crippen molar-refractivity contribution in [3.8, 4) is 11.8 Å². The lowest BCUT2D eigenvalue weighted by Gasteiger charge is -2.39. The fourth-order valence-corrected chi connectivity index (χ4v) is 3.03. The second-order valence-electron chi connectivity index (χ2n) is 5.96. The first-order valence-electron chi connectivity index (χ1n) is 7.25. The van der Waals surface area contributed by atoms with E-state index in [0.29, 0.717) is 0 Å². The fraction of sp³-hybridized carbons (Fsp3) is 0.556. The number of unbranched alkanes of at least 4 members (excludes halogenated alkanes) is 1. The average Bonchev–Trinajstić information content (AvgIpc) is 2.37. The summed E-state index contributed by atoms with van der Waals surface area (Å²) >= 11 is 0. The number of Topliss-reactive ketones (excluding diaryl/α,β-unsaturated/α-hetero) is 1. The molecule has 20 heavy (non-hydrogen) atoms. The van der Waals surface area contributed by atoms with Crippen molar-refractivity contribution in [2.75, 3.05) is 0 Å². The van der Waals surface area contributed by atoms with Crippen LogP contribution < -0.4 is 0 Å². The molecule has 0 radical (unpaired) electrons. The van der Waals surface area contributed by atoms with Crippen LogP contribution in [-0.4, -0.2) is 11.6 Å². The van der Waals surface area contributed by atoms with E-state index < -0.39 is 5.41 Å². The molecule has 2 heteroatoms. The van der Waals surface area contributed by atoms with Crippen molar-refractivity contribution in [2.45, 2.75) is 53.4 Å². The summed E-state index contributed by atoms with van der Waals surface area (Å²) in [5.74, 6) is 5.37. The highest BCUT2D eigenvalue weighted by molar-refractivity contribution is 6.10. The van der Waals surface area contributed by atoms with Crippen LogP contribution in [0.15, 0.2) is 23.8 Å². The van der Waals surface area contributed by atoms with Crippen molar-refractivity contribution in [3.05, 3.63) is 23.8 Å². The van der Waals surface area contributed by atoms with Crippen LogP contribution in [0.2, 0.25) is 0 Å². The van der Waals surface area contributed by atoms with Gasteiger partial charge in [0.25, 0.3) is 0 Å². The molecule has 0 N–H and O–H groups in total. The number of carbonyl (C=O) groups excluding carboxylic acids is 2. The summed E-state index contributed by atoms with van der Waals surface area (Å²) < 4.78 is 0. The van der Waals surface area contributed by atoms with Crippen LogP contribution in [0.4, 0.5) is 0 Å². The second-order valence-corrected chi connectivity index (χ2v) is 5.96. The molecule has 0 heterocycles. The zero-order valence-corrected chi connectivity index (χ0v) is 13.0. The van der Waals surface area contributed by atoms with E-state index in [1.807, 2.05) is 27.7 Å². The third-order valence-electron chi connectivity index (χ3n) is 4.10. The van der Waals surface area contributed by atoms with E-state index in [9.17, 15) is 9.59 Å². The highest BCUT2D eigenvalue weighted by atomic mass is 16.1. The molecule has 0 aromatic rings. The van der Waals surface area contributed by atoms with Gasteiger partial charge in [0.1, 0.15) is 0 Å². The zero-order valence-electron chi connectivity index (χ0n) is 13.0. The van der Waals surface area contributed by atoms with Gasteiger partial charge in [-0.15, -0.1) is 0 Å². The normalized spacial score (nSPS) is 20.9. The minimum atomic E-state index is -0.467. The average molecular weight is 272 g/mol. The lowest BCUT2D eigenvalue weighted by atomic mass is 9.63. The molecule has 0 saturated carbocycles. The first-order valence-corrected chi connectivity index (χ1v) is 7.25. The summed E-state index contributed by atoms with van der Waals surface area (Å²) in [5, 5.41) is 0. The molecule has 0 saturated heterocycles. The van der Waals surface area contributed by atoms with Gasteiger partial charge in [0.05, 0.1) is 0 Å². The molecule has 2 nitrogen and oxygen atoms in total. The Kier molecular flexibility index (Phi) is 5.51. The summed E-state index contributed by atoms with van der Waals surface area (Å²) in [6.45, 7) is 11.5. The van der Waals surface area contributed by atoms with Crippen LogP contribution in [0.3, 0.4) is 0 Å². The zero-order chi connectivity index (χ0) is 15.3. The summed E-state index contributed by atoms with van der Waals surface area (Å²) in [4.78, 5) is 24.4. The summed E-state index contributed by atoms with van der Waals surface area (Å²) in [6.07, 6.45) is 4.61. The van der Waals surface area contributed by atoms with Gasteiger partial charge < -0.3 is 0 Å². The van der Waals surface area contributed by atoms with Crippen LogP contribution in [0, 0.1) is 23.2 Å². The van der Waals surface area contributed by atoms with Crippen molar-refractivity contribution in [3.63, 3.8) is 0 Å². The molecule has 0 aromatic heterocycles. The maximum absolute atomic E-state index is 12.4. The van der Waals surface area contributed by atoms with Crippen LogP contribution in [0.25, 0.3) is 0 Å². The predicted octanol–water partition coefficient (Wildman–Crippen LogP) is 3.87. The van der Waals surface area contributed by atoms with Gasteiger partial charge in [-0.1, -0.05) is 38.8 Å². The maximum atomic E-state index is 12.4. The van der Waals surface area contributed by atoms with Crippen LogP contribution >= 0.6 is 0 Å². The van der Waals surface area contributed by atoms with E-state index >= 15 is 0 Å². The topological polar surface area (TPSA) is 34.1 Å². The lowest BCUT2D eigenvalue weighted by molar-refractivity contribution is -0.122. The molecule has 1 unspecified atom stereocenters. The van der Waals surface area contributed by atoms with Gasteiger partial charge in [0, 0.05) is 23.3 Å². The van der Waals surface area contributed by atoms with E-state index in [1.165, 1.54) is 6.08 Å². The van der Waals surface area contributed by atoms with Crippen molar-refractivity contribution >= 4 is 11.6 Å². The van der Waals surface area contributed by atoms with E-state index in [2.05, 4.69) is 18.4 Å². The standard InChI is InChI=1S/C18H24O2/c1-6-8-9-10-16(20)17-13(3)11-12-14(15(19)7-2)18(17,4)5/h7,14H,2,6,8,11-12H2,1,3-5H3. The number of carbonyl (C=O) groups is 2. The van der Waals surface area contributed by atoms with Crippen molar-refractivity contribution < 1.29 is 9.59 Å². The van der Waals surface area contributed by atoms with Crippen LogP contribution in [-0.2, 0) is 9.59 Å². The first kappa shape index (κ1) is 16.4. The Bertz CT molecular complexity index is 509. The minimum absolute atomic E-state index is 0.0225. The molecule has 0 spiro atoms. The Morgan fingerprint density at radius 3 is 2.65 bits per heavy atom. The van der Waals surface area contributed by atoms with E-state index in [1.54, 1.807) is 0 Å². The van der Waals surface area contributed by atoms with Gasteiger partial charge in [-0.05, 0) is 38.2 Å². The minimum Gasteiger partial charge on any atom is -0.295 e. The molecular weight excluding hydrogens is 248 g/mol. The van der Waals surface area contributed by atoms with Gasteiger partial charge in [-0.3, -0.25) is 9.59 Å². The molecule has 0 bridgehead atoms. The molecule has 0 fully saturated rings. The van der Waals surface area contributed by atoms with E-state index in [0.717, 1.165) is 36.8 Å². The predicted molar refractivity (Wildman–Crippen MR) is 82.1 cm³/mol. The maximum Gasteiger partial charge on any atom is 0.232 e. The number of allylic oxidation sites excluding steroid dienone is 3. The van der Waals surface area contributed by atoms with E-state index in [4.69, 9.17) is 0 Å². The van der Waals surface area contributed by atoms with Gasteiger partial charge >= 0.3 is 0 Å². The van der Waals surface area contributed by atoms with Crippen LogP contribution in [0.5, 0.6) is 0 Å². The van der Waals surface area contributed by atoms with Crippen molar-refractivity contribution in [1.82, 2.24) is 0 Å². The van der Waals surface area contributed by atoms with E-state index in [-0.39, 0.29) is 17.5 Å². The Hall–Kier alpha value is -1.62. The molecule has 1 aliphatic rings. The largest absolute Gasteiger partial charge is 0.295 e. The van der Waals surface area contributed by atoms with Gasteiger partial charge in [-0.2, -0.15) is 0 Å². The molecule has 1 aliphatic carbocycles. The van der Waals surface area contributed by atoms with Crippen molar-refractivity contribution in [2.24, 2.45) is 11.3 Å². The molecule has 0 aromatic carbocycles. The number of ketones is 2. The molecule has 1 rings (SSSR count). The number of hydrogen-bond donors (Lipinski definition) is 0. The summed E-state index contributed by atoms with van der Waals surface area (Å²) in [5.41, 5.74) is 1.33. The number of hydrogen-bond acceptors (Lipinski definition) is 2.